The van der Waals surface area contributed by atoms with Crippen molar-refractivity contribution in [3.05, 3.63) is 77.6 Å². The number of aliphatic hydroxyl groups excluding tert-OH is 1. The van der Waals surface area contributed by atoms with Crippen LogP contribution in [0, 0.1) is 12.8 Å². The SMILES string of the molecule is Cc1ccc(CC2COc3cc(-c4ccccc4NS(=O)C(F)(F)F)ccc3C2O)nc1. The molecule has 0 amide bonds. The zero-order chi connectivity index (χ0) is 22.9. The lowest BCUT2D eigenvalue weighted by atomic mass is 9.88. The molecular formula is C23H21F3N2O3S. The van der Waals surface area contributed by atoms with Crippen LogP contribution < -0.4 is 9.46 Å². The summed E-state index contributed by atoms with van der Waals surface area (Å²) in [6.07, 6.45) is 1.57. The van der Waals surface area contributed by atoms with Crippen molar-refractivity contribution in [2.24, 2.45) is 5.92 Å². The Bertz CT molecular complexity index is 1140. The summed E-state index contributed by atoms with van der Waals surface area (Å²) in [5.74, 6) is 0.293. The first kappa shape index (κ1) is 22.3. The van der Waals surface area contributed by atoms with Crippen LogP contribution in [0.2, 0.25) is 0 Å². The summed E-state index contributed by atoms with van der Waals surface area (Å²) >= 11 is 0. The van der Waals surface area contributed by atoms with E-state index in [0.717, 1.165) is 11.3 Å². The number of aliphatic hydroxyl groups is 1. The largest absolute Gasteiger partial charge is 0.493 e. The van der Waals surface area contributed by atoms with Crippen molar-refractivity contribution in [2.45, 2.75) is 25.0 Å². The van der Waals surface area contributed by atoms with Crippen molar-refractivity contribution in [3.63, 3.8) is 0 Å². The molecule has 0 spiro atoms. The Morgan fingerprint density at radius 1 is 1.19 bits per heavy atom. The average Bonchev–Trinajstić information content (AvgIpc) is 2.76. The highest BCUT2D eigenvalue weighted by Crippen LogP contribution is 2.40. The number of alkyl halides is 3. The molecule has 4 rings (SSSR count). The number of nitrogens with zero attached hydrogens (tertiary/aromatic N) is 1. The van der Waals surface area contributed by atoms with E-state index in [9.17, 15) is 22.5 Å². The summed E-state index contributed by atoms with van der Waals surface area (Å²) in [7, 11) is -3.23. The number of ether oxygens (including phenoxy) is 1. The molecule has 0 bridgehead atoms. The quantitative estimate of drug-likeness (QED) is 0.564. The maximum absolute atomic E-state index is 12.7. The van der Waals surface area contributed by atoms with E-state index in [2.05, 4.69) is 4.98 Å². The number of rotatable bonds is 5. The Labute approximate surface area is 185 Å². The number of nitrogens with one attached hydrogen (secondary N) is 1. The van der Waals surface area contributed by atoms with Gasteiger partial charge in [-0.2, -0.15) is 13.2 Å². The standard InChI is InChI=1S/C23H21F3N2O3S/c1-14-6-8-17(27-12-14)10-16-13-31-21-11-15(7-9-19(21)22(16)29)18-4-2-3-5-20(18)28-32(30)23(24,25)26/h2-9,11-12,16,22,28-29H,10,13H2,1H3. The molecule has 0 radical (unpaired) electrons. The number of hydrogen-bond donors (Lipinski definition) is 2. The lowest BCUT2D eigenvalue weighted by Crippen LogP contribution is -2.28. The zero-order valence-corrected chi connectivity index (χ0v) is 17.9. The highest BCUT2D eigenvalue weighted by molar-refractivity contribution is 7.87. The molecule has 3 unspecified atom stereocenters. The lowest BCUT2D eigenvalue weighted by molar-refractivity contribution is -0.0379. The van der Waals surface area contributed by atoms with Crippen molar-refractivity contribution < 1.29 is 27.2 Å². The summed E-state index contributed by atoms with van der Waals surface area (Å²) in [5.41, 5.74) is -1.24. The van der Waals surface area contributed by atoms with Crippen LogP contribution in [0.5, 0.6) is 5.75 Å². The number of anilines is 1. The minimum atomic E-state index is -4.88. The van der Waals surface area contributed by atoms with Crippen LogP contribution in [0.15, 0.2) is 60.8 Å². The summed E-state index contributed by atoms with van der Waals surface area (Å²) in [4.78, 5) is 4.39. The monoisotopic (exact) mass is 462 g/mol. The summed E-state index contributed by atoms with van der Waals surface area (Å²) in [5, 5.41) is 10.9. The second-order valence-corrected chi connectivity index (χ2v) is 8.87. The number of halogens is 3. The minimum Gasteiger partial charge on any atom is -0.493 e. The van der Waals surface area contributed by atoms with Gasteiger partial charge >= 0.3 is 5.51 Å². The first-order valence-corrected chi connectivity index (χ1v) is 11.1. The van der Waals surface area contributed by atoms with Gasteiger partial charge in [0.2, 0.25) is 11.0 Å². The third-order valence-electron chi connectivity index (χ3n) is 5.33. The van der Waals surface area contributed by atoms with E-state index in [1.807, 2.05) is 23.8 Å². The summed E-state index contributed by atoms with van der Waals surface area (Å²) in [6, 6.07) is 15.3. The summed E-state index contributed by atoms with van der Waals surface area (Å²) in [6.45, 7) is 2.24. The van der Waals surface area contributed by atoms with Crippen LogP contribution in [-0.4, -0.2) is 26.4 Å². The molecule has 2 N–H and O–H groups in total. The molecular weight excluding hydrogens is 441 g/mol. The molecule has 3 atom stereocenters. The van der Waals surface area contributed by atoms with E-state index in [-0.39, 0.29) is 18.2 Å². The second-order valence-electron chi connectivity index (χ2n) is 7.66. The predicted octanol–water partition coefficient (Wildman–Crippen LogP) is 4.94. The Hall–Kier alpha value is -2.91. The third-order valence-corrected chi connectivity index (χ3v) is 6.15. The molecule has 168 valence electrons. The number of para-hydroxylation sites is 1. The maximum atomic E-state index is 12.7. The molecule has 1 aromatic heterocycles. The maximum Gasteiger partial charge on any atom is 0.490 e. The van der Waals surface area contributed by atoms with Gasteiger partial charge in [-0.1, -0.05) is 36.4 Å². The Balaban J connectivity index is 1.57. The van der Waals surface area contributed by atoms with Gasteiger partial charge in [0.1, 0.15) is 5.75 Å². The highest BCUT2D eigenvalue weighted by atomic mass is 32.2. The topological polar surface area (TPSA) is 71.5 Å². The van der Waals surface area contributed by atoms with E-state index in [0.29, 0.717) is 28.9 Å². The lowest BCUT2D eigenvalue weighted by Gasteiger charge is -2.30. The van der Waals surface area contributed by atoms with Gasteiger partial charge in [0.15, 0.2) is 0 Å². The number of aryl methyl sites for hydroxylation is 1. The molecule has 9 heteroatoms. The number of fused-ring (bicyclic) bond motifs is 1. The molecule has 32 heavy (non-hydrogen) atoms. The highest BCUT2D eigenvalue weighted by Gasteiger charge is 2.38. The molecule has 1 aliphatic heterocycles. The van der Waals surface area contributed by atoms with E-state index >= 15 is 0 Å². The number of hydrogen-bond acceptors (Lipinski definition) is 4. The van der Waals surface area contributed by atoms with Gasteiger partial charge in [-0.15, -0.1) is 0 Å². The van der Waals surface area contributed by atoms with E-state index < -0.39 is 22.6 Å². The van der Waals surface area contributed by atoms with Crippen molar-refractivity contribution in [2.75, 3.05) is 11.3 Å². The van der Waals surface area contributed by atoms with Crippen molar-refractivity contribution in [1.82, 2.24) is 4.98 Å². The zero-order valence-electron chi connectivity index (χ0n) is 17.1. The first-order valence-electron chi connectivity index (χ1n) is 9.93. The Kier molecular flexibility index (Phi) is 6.21. The molecule has 0 saturated heterocycles. The number of benzene rings is 2. The van der Waals surface area contributed by atoms with Crippen LogP contribution in [-0.2, 0) is 17.4 Å². The first-order chi connectivity index (χ1) is 15.2. The van der Waals surface area contributed by atoms with E-state index in [1.165, 1.54) is 6.07 Å². The molecule has 5 nitrogen and oxygen atoms in total. The van der Waals surface area contributed by atoms with Crippen LogP contribution in [0.1, 0.15) is 22.9 Å². The third kappa shape index (κ3) is 4.78. The predicted molar refractivity (Wildman–Crippen MR) is 116 cm³/mol. The average molecular weight is 462 g/mol. The van der Waals surface area contributed by atoms with Gasteiger partial charge in [-0.3, -0.25) is 9.71 Å². The smallest absolute Gasteiger partial charge is 0.490 e. The molecule has 2 heterocycles. The van der Waals surface area contributed by atoms with Crippen LogP contribution >= 0.6 is 0 Å². The fourth-order valence-corrected chi connectivity index (χ4v) is 4.15. The number of pyridine rings is 1. The molecule has 0 fully saturated rings. The Morgan fingerprint density at radius 2 is 1.97 bits per heavy atom. The Morgan fingerprint density at radius 3 is 2.69 bits per heavy atom. The van der Waals surface area contributed by atoms with Crippen molar-refractivity contribution in [3.8, 4) is 16.9 Å². The number of aromatic nitrogens is 1. The fraction of sp³-hybridized carbons (Fsp3) is 0.261. The molecule has 1 aliphatic rings. The van der Waals surface area contributed by atoms with Gasteiger partial charge in [0.05, 0.1) is 18.4 Å². The van der Waals surface area contributed by atoms with Crippen LogP contribution in [0.25, 0.3) is 11.1 Å². The van der Waals surface area contributed by atoms with Crippen LogP contribution in [0.3, 0.4) is 0 Å². The van der Waals surface area contributed by atoms with Gasteiger partial charge in [-0.05, 0) is 42.7 Å². The normalized spacial score (nSPS) is 19.0. The molecule has 0 saturated carbocycles. The van der Waals surface area contributed by atoms with Crippen molar-refractivity contribution in [1.29, 1.82) is 0 Å². The van der Waals surface area contributed by atoms with Gasteiger partial charge in [0, 0.05) is 28.9 Å². The molecule has 2 aromatic carbocycles. The minimum absolute atomic E-state index is 0.0859. The van der Waals surface area contributed by atoms with Crippen molar-refractivity contribution >= 4 is 16.7 Å². The van der Waals surface area contributed by atoms with Crippen LogP contribution in [0.4, 0.5) is 18.9 Å². The second kappa shape index (κ2) is 8.91. The molecule has 3 aromatic rings. The van der Waals surface area contributed by atoms with E-state index in [4.69, 9.17) is 4.74 Å². The van der Waals surface area contributed by atoms with E-state index in [1.54, 1.807) is 42.6 Å². The van der Waals surface area contributed by atoms with Gasteiger partial charge < -0.3 is 9.84 Å². The fourth-order valence-electron chi connectivity index (χ4n) is 3.65. The van der Waals surface area contributed by atoms with Gasteiger partial charge in [0.25, 0.3) is 0 Å². The molecule has 0 aliphatic carbocycles. The summed E-state index contributed by atoms with van der Waals surface area (Å²) < 4.78 is 57.6. The van der Waals surface area contributed by atoms with Gasteiger partial charge in [-0.25, -0.2) is 4.21 Å².